The number of hydrogen-bond donors (Lipinski definition) is 0. The van der Waals surface area contributed by atoms with Crippen molar-refractivity contribution in [3.8, 4) is 12.3 Å². The molecule has 1 fully saturated rings. The van der Waals surface area contributed by atoms with E-state index in [4.69, 9.17) is 6.42 Å². The van der Waals surface area contributed by atoms with Gasteiger partial charge in [0.25, 0.3) is 0 Å². The zero-order valence-corrected chi connectivity index (χ0v) is 7.08. The van der Waals surface area contributed by atoms with Crippen LogP contribution in [0.5, 0.6) is 0 Å². The van der Waals surface area contributed by atoms with E-state index in [0.717, 1.165) is 11.8 Å². The van der Waals surface area contributed by atoms with Crippen molar-refractivity contribution in [3.05, 3.63) is 0 Å². The first-order valence-corrected chi connectivity index (χ1v) is 4.45. The Morgan fingerprint density at radius 3 is 2.33 bits per heavy atom. The van der Waals surface area contributed by atoms with E-state index in [1.807, 2.05) is 0 Å². The third-order valence-corrected chi connectivity index (χ3v) is 3.36. The Hall–Kier alpha value is 0.0400. The molecule has 0 unspecified atom stereocenters. The Morgan fingerprint density at radius 2 is 2.22 bits per heavy atom. The summed E-state index contributed by atoms with van der Waals surface area (Å²) in [4.78, 5) is 0. The normalized spacial score (nSPS) is 22.2. The number of terminal acetylenes is 1. The van der Waals surface area contributed by atoms with E-state index < -0.39 is 0 Å². The van der Waals surface area contributed by atoms with Gasteiger partial charge in [0.2, 0.25) is 0 Å². The summed E-state index contributed by atoms with van der Waals surface area (Å²) < 4.78 is 0. The van der Waals surface area contributed by atoms with Gasteiger partial charge < -0.3 is 0 Å². The predicted molar refractivity (Wildman–Crippen MR) is 43.5 cm³/mol. The number of alkyl halides is 1. The first-order chi connectivity index (χ1) is 4.33. The fraction of sp³-hybridized carbons (Fsp3) is 0.750. The first-order valence-electron chi connectivity index (χ1n) is 3.32. The molecule has 0 spiro atoms. The van der Waals surface area contributed by atoms with Gasteiger partial charge in [-0.2, -0.15) is 0 Å². The van der Waals surface area contributed by atoms with Crippen LogP contribution in [-0.4, -0.2) is 5.33 Å². The van der Waals surface area contributed by atoms with Crippen LogP contribution in [0.2, 0.25) is 0 Å². The predicted octanol–water partition coefficient (Wildman–Crippen LogP) is 2.57. The van der Waals surface area contributed by atoms with Crippen LogP contribution in [-0.2, 0) is 0 Å². The molecule has 0 nitrogen and oxygen atoms in total. The van der Waals surface area contributed by atoms with Crippen LogP contribution < -0.4 is 0 Å². The number of halogens is 1. The molecule has 0 radical (unpaired) electrons. The molecule has 9 heavy (non-hydrogen) atoms. The lowest BCUT2D eigenvalue weighted by atomic mass is 9.68. The van der Waals surface area contributed by atoms with Crippen LogP contribution >= 0.6 is 15.9 Å². The Bertz CT molecular complexity index is 122. The van der Waals surface area contributed by atoms with Gasteiger partial charge in [-0.1, -0.05) is 22.4 Å². The second-order valence-corrected chi connectivity index (χ2v) is 3.43. The van der Waals surface area contributed by atoms with Crippen molar-refractivity contribution >= 4 is 15.9 Å². The van der Waals surface area contributed by atoms with Crippen molar-refractivity contribution in [1.29, 1.82) is 0 Å². The molecule has 0 aromatic carbocycles. The number of hydrogen-bond acceptors (Lipinski definition) is 0. The standard InChI is InChI=1S/C8H11Br/c1-2-4-8(7-9)5-3-6-8/h1H,3-7H2. The van der Waals surface area contributed by atoms with Crippen LogP contribution in [0.25, 0.3) is 0 Å². The molecule has 0 atom stereocenters. The quantitative estimate of drug-likeness (QED) is 0.460. The highest BCUT2D eigenvalue weighted by atomic mass is 79.9. The topological polar surface area (TPSA) is 0 Å². The Balaban J connectivity index is 2.39. The molecule has 0 saturated heterocycles. The SMILES string of the molecule is C#CCC1(CBr)CCC1. The summed E-state index contributed by atoms with van der Waals surface area (Å²) in [6.45, 7) is 0. The second kappa shape index (κ2) is 2.75. The Kier molecular flexibility index (Phi) is 2.18. The maximum Gasteiger partial charge on any atom is 0.0151 e. The molecule has 0 aromatic heterocycles. The van der Waals surface area contributed by atoms with Gasteiger partial charge in [-0.15, -0.1) is 12.3 Å². The van der Waals surface area contributed by atoms with E-state index in [2.05, 4.69) is 21.9 Å². The van der Waals surface area contributed by atoms with E-state index in [-0.39, 0.29) is 0 Å². The summed E-state index contributed by atoms with van der Waals surface area (Å²) >= 11 is 3.49. The largest absolute Gasteiger partial charge is 0.120 e. The molecule has 1 heteroatoms. The molecular formula is C8H11Br. The Morgan fingerprint density at radius 1 is 1.56 bits per heavy atom. The van der Waals surface area contributed by atoms with E-state index in [9.17, 15) is 0 Å². The fourth-order valence-electron chi connectivity index (χ4n) is 1.25. The van der Waals surface area contributed by atoms with Crippen LogP contribution in [0.15, 0.2) is 0 Å². The molecule has 0 bridgehead atoms. The van der Waals surface area contributed by atoms with Crippen molar-refractivity contribution in [2.24, 2.45) is 5.41 Å². The van der Waals surface area contributed by atoms with Crippen LogP contribution in [0.4, 0.5) is 0 Å². The third-order valence-electron chi connectivity index (χ3n) is 2.17. The second-order valence-electron chi connectivity index (χ2n) is 2.87. The third kappa shape index (κ3) is 1.30. The number of rotatable bonds is 2. The van der Waals surface area contributed by atoms with Crippen LogP contribution in [0.1, 0.15) is 25.7 Å². The molecular weight excluding hydrogens is 176 g/mol. The molecule has 0 aliphatic heterocycles. The summed E-state index contributed by atoms with van der Waals surface area (Å²) in [5.74, 6) is 2.73. The average Bonchev–Trinajstić information content (AvgIpc) is 1.79. The van der Waals surface area contributed by atoms with E-state index >= 15 is 0 Å². The molecule has 1 aliphatic carbocycles. The maximum absolute atomic E-state index is 5.23. The van der Waals surface area contributed by atoms with E-state index in [0.29, 0.717) is 5.41 Å². The molecule has 50 valence electrons. The zero-order valence-electron chi connectivity index (χ0n) is 5.49. The summed E-state index contributed by atoms with van der Waals surface area (Å²) in [5, 5.41) is 1.09. The lowest BCUT2D eigenvalue weighted by Gasteiger charge is -2.38. The molecule has 0 N–H and O–H groups in total. The summed E-state index contributed by atoms with van der Waals surface area (Å²) in [6, 6.07) is 0. The van der Waals surface area contributed by atoms with Crippen molar-refractivity contribution in [2.75, 3.05) is 5.33 Å². The zero-order chi connectivity index (χ0) is 6.74. The molecule has 0 heterocycles. The minimum Gasteiger partial charge on any atom is -0.120 e. The van der Waals surface area contributed by atoms with E-state index in [1.54, 1.807) is 0 Å². The molecule has 0 amide bonds. The maximum atomic E-state index is 5.23. The van der Waals surface area contributed by atoms with Crippen LogP contribution in [0.3, 0.4) is 0 Å². The lowest BCUT2D eigenvalue weighted by molar-refractivity contribution is 0.178. The van der Waals surface area contributed by atoms with E-state index in [1.165, 1.54) is 19.3 Å². The van der Waals surface area contributed by atoms with Gasteiger partial charge in [0.15, 0.2) is 0 Å². The van der Waals surface area contributed by atoms with Gasteiger partial charge in [-0.05, 0) is 18.3 Å². The van der Waals surface area contributed by atoms with Gasteiger partial charge >= 0.3 is 0 Å². The highest BCUT2D eigenvalue weighted by molar-refractivity contribution is 9.09. The van der Waals surface area contributed by atoms with Gasteiger partial charge in [0.05, 0.1) is 0 Å². The molecule has 1 saturated carbocycles. The van der Waals surface area contributed by atoms with Gasteiger partial charge in [0.1, 0.15) is 0 Å². The lowest BCUT2D eigenvalue weighted by Crippen LogP contribution is -2.30. The van der Waals surface area contributed by atoms with Crippen molar-refractivity contribution < 1.29 is 0 Å². The Labute approximate surface area is 65.2 Å². The summed E-state index contributed by atoms with van der Waals surface area (Å²) in [5.41, 5.74) is 0.495. The van der Waals surface area contributed by atoms with Gasteiger partial charge in [-0.25, -0.2) is 0 Å². The average molecular weight is 187 g/mol. The first kappa shape index (κ1) is 7.15. The highest BCUT2D eigenvalue weighted by Crippen LogP contribution is 2.44. The fourth-order valence-corrected chi connectivity index (χ4v) is 2.01. The van der Waals surface area contributed by atoms with Crippen LogP contribution in [0, 0.1) is 17.8 Å². The van der Waals surface area contributed by atoms with Gasteiger partial charge in [-0.3, -0.25) is 0 Å². The van der Waals surface area contributed by atoms with Crippen molar-refractivity contribution in [2.45, 2.75) is 25.7 Å². The van der Waals surface area contributed by atoms with Gasteiger partial charge in [0, 0.05) is 11.8 Å². The monoisotopic (exact) mass is 186 g/mol. The smallest absolute Gasteiger partial charge is 0.0151 e. The van der Waals surface area contributed by atoms with Crippen molar-refractivity contribution in [1.82, 2.24) is 0 Å². The summed E-state index contributed by atoms with van der Waals surface area (Å²) in [6.07, 6.45) is 10.2. The van der Waals surface area contributed by atoms with Crippen molar-refractivity contribution in [3.63, 3.8) is 0 Å². The highest BCUT2D eigenvalue weighted by Gasteiger charge is 2.34. The minimum atomic E-state index is 0.495. The minimum absolute atomic E-state index is 0.495. The molecule has 1 rings (SSSR count). The summed E-state index contributed by atoms with van der Waals surface area (Å²) in [7, 11) is 0. The molecule has 0 aromatic rings. The molecule has 1 aliphatic rings.